The van der Waals surface area contributed by atoms with Gasteiger partial charge < -0.3 is 14.2 Å². The number of halogens is 2. The molecule has 21 heavy (non-hydrogen) atoms. The molecule has 0 amide bonds. The Hall–Kier alpha value is -0.550. The molecule has 0 saturated carbocycles. The first-order valence-corrected chi connectivity index (χ1v) is 7.82. The Balaban J connectivity index is 1.94. The van der Waals surface area contributed by atoms with Crippen molar-refractivity contribution in [2.75, 3.05) is 20.8 Å². The number of ether oxygens (including phenoxy) is 3. The van der Waals surface area contributed by atoms with Gasteiger partial charge in [0.15, 0.2) is 14.6 Å². The molecule has 0 spiro atoms. The van der Waals surface area contributed by atoms with Gasteiger partial charge in [0.1, 0.15) is 17.8 Å². The Bertz CT molecular complexity index is 653. The Morgan fingerprint density at radius 1 is 1.48 bits per heavy atom. The molecular formula is C12H14ClIN4O3. The van der Waals surface area contributed by atoms with Crippen LogP contribution in [0.1, 0.15) is 12.6 Å². The number of nitrogens with zero attached hydrogens (tertiary/aromatic N) is 4. The first-order chi connectivity index (χ1) is 10.1. The van der Waals surface area contributed by atoms with Crippen LogP contribution in [0.3, 0.4) is 0 Å². The summed E-state index contributed by atoms with van der Waals surface area (Å²) < 4.78 is 19.1. The summed E-state index contributed by atoms with van der Waals surface area (Å²) in [6.07, 6.45) is 2.03. The van der Waals surface area contributed by atoms with Crippen molar-refractivity contribution in [3.8, 4) is 0 Å². The van der Waals surface area contributed by atoms with Crippen LogP contribution in [0.2, 0.25) is 5.15 Å². The predicted molar refractivity (Wildman–Crippen MR) is 84.3 cm³/mol. The van der Waals surface area contributed by atoms with Gasteiger partial charge in [-0.25, -0.2) is 15.0 Å². The quantitative estimate of drug-likeness (QED) is 0.425. The molecule has 0 aromatic carbocycles. The standard InChI is InChI=1S/C12H14ClIN4O3/c1-19-4-7-6(20-2)3-8(21-7)18-5-15-9-10(13)16-12(14)17-11(9)18/h5-8H,3-4H2,1-2H3/t6?,7-,8-/m1/s1. The van der Waals surface area contributed by atoms with Crippen LogP contribution in [0, 0.1) is 3.83 Å². The van der Waals surface area contributed by atoms with E-state index in [9.17, 15) is 0 Å². The van der Waals surface area contributed by atoms with E-state index < -0.39 is 0 Å². The Labute approximate surface area is 140 Å². The predicted octanol–water partition coefficient (Wildman–Crippen LogP) is 2.03. The zero-order valence-electron chi connectivity index (χ0n) is 11.5. The second-order valence-corrected chi connectivity index (χ2v) is 6.02. The van der Waals surface area contributed by atoms with Gasteiger partial charge in [-0.2, -0.15) is 0 Å². The van der Waals surface area contributed by atoms with Gasteiger partial charge in [0.25, 0.3) is 0 Å². The van der Waals surface area contributed by atoms with Crippen LogP contribution < -0.4 is 0 Å². The van der Waals surface area contributed by atoms with E-state index in [2.05, 4.69) is 15.0 Å². The fraction of sp³-hybridized carbons (Fsp3) is 0.583. The van der Waals surface area contributed by atoms with E-state index in [1.54, 1.807) is 20.5 Å². The van der Waals surface area contributed by atoms with Crippen LogP contribution in [0.25, 0.3) is 11.2 Å². The maximum atomic E-state index is 6.10. The topological polar surface area (TPSA) is 71.3 Å². The highest BCUT2D eigenvalue weighted by Crippen LogP contribution is 2.33. The average Bonchev–Trinajstić information content (AvgIpc) is 3.02. The van der Waals surface area contributed by atoms with Crippen LogP contribution >= 0.6 is 34.2 Å². The highest BCUT2D eigenvalue weighted by atomic mass is 127. The van der Waals surface area contributed by atoms with Crippen molar-refractivity contribution in [3.63, 3.8) is 0 Å². The summed E-state index contributed by atoms with van der Waals surface area (Å²) in [5.41, 5.74) is 1.24. The molecule has 3 rings (SSSR count). The largest absolute Gasteiger partial charge is 0.382 e. The van der Waals surface area contributed by atoms with Crippen LogP contribution in [0.15, 0.2) is 6.33 Å². The lowest BCUT2D eigenvalue weighted by Crippen LogP contribution is -2.27. The maximum Gasteiger partial charge on any atom is 0.194 e. The molecule has 0 bridgehead atoms. The molecule has 0 N–H and O–H groups in total. The van der Waals surface area contributed by atoms with Gasteiger partial charge >= 0.3 is 0 Å². The summed E-state index contributed by atoms with van der Waals surface area (Å²) in [6, 6.07) is 0. The minimum atomic E-state index is -0.207. The molecule has 114 valence electrons. The van der Waals surface area contributed by atoms with Gasteiger partial charge in [0, 0.05) is 43.2 Å². The first kappa shape index (κ1) is 15.3. The number of imidazole rings is 1. The van der Waals surface area contributed by atoms with Crippen molar-refractivity contribution in [2.45, 2.75) is 24.9 Å². The van der Waals surface area contributed by atoms with Gasteiger partial charge in [0.05, 0.1) is 19.0 Å². The smallest absolute Gasteiger partial charge is 0.194 e. The highest BCUT2D eigenvalue weighted by Gasteiger charge is 2.37. The maximum absolute atomic E-state index is 6.10. The molecule has 3 heterocycles. The molecule has 1 fully saturated rings. The van der Waals surface area contributed by atoms with E-state index in [-0.39, 0.29) is 18.4 Å². The zero-order chi connectivity index (χ0) is 15.0. The molecule has 1 aliphatic heterocycles. The summed E-state index contributed by atoms with van der Waals surface area (Å²) in [6.45, 7) is 0.481. The Morgan fingerprint density at radius 2 is 2.29 bits per heavy atom. The minimum absolute atomic E-state index is 0.0243. The van der Waals surface area contributed by atoms with Crippen LogP contribution in [-0.2, 0) is 14.2 Å². The second-order valence-electron chi connectivity index (χ2n) is 4.70. The lowest BCUT2D eigenvalue weighted by Gasteiger charge is -2.16. The van der Waals surface area contributed by atoms with Gasteiger partial charge in [-0.05, 0) is 0 Å². The molecule has 0 radical (unpaired) electrons. The fourth-order valence-corrected chi connectivity index (χ4v) is 3.33. The molecule has 2 aromatic rings. The van der Waals surface area contributed by atoms with Crippen molar-refractivity contribution in [3.05, 3.63) is 15.3 Å². The van der Waals surface area contributed by atoms with Gasteiger partial charge in [-0.3, -0.25) is 4.57 Å². The zero-order valence-corrected chi connectivity index (χ0v) is 14.4. The van der Waals surface area contributed by atoms with Crippen LogP contribution in [-0.4, -0.2) is 52.6 Å². The van der Waals surface area contributed by atoms with E-state index in [1.807, 2.05) is 27.2 Å². The van der Waals surface area contributed by atoms with Gasteiger partial charge in [-0.1, -0.05) is 11.6 Å². The molecule has 3 atom stereocenters. The number of methoxy groups -OCH3 is 2. The van der Waals surface area contributed by atoms with Crippen molar-refractivity contribution < 1.29 is 14.2 Å². The van der Waals surface area contributed by atoms with E-state index in [0.717, 1.165) is 0 Å². The highest BCUT2D eigenvalue weighted by molar-refractivity contribution is 14.1. The molecule has 1 saturated heterocycles. The van der Waals surface area contributed by atoms with Crippen LogP contribution in [0.5, 0.6) is 0 Å². The lowest BCUT2D eigenvalue weighted by molar-refractivity contribution is -0.0597. The van der Waals surface area contributed by atoms with Crippen molar-refractivity contribution in [1.29, 1.82) is 0 Å². The summed E-state index contributed by atoms with van der Waals surface area (Å²) in [5.74, 6) is 0. The lowest BCUT2D eigenvalue weighted by atomic mass is 10.2. The number of rotatable bonds is 4. The van der Waals surface area contributed by atoms with Gasteiger partial charge in [0.2, 0.25) is 0 Å². The molecule has 7 nitrogen and oxygen atoms in total. The van der Waals surface area contributed by atoms with Gasteiger partial charge in [-0.15, -0.1) is 0 Å². The Kier molecular flexibility index (Phi) is 4.60. The van der Waals surface area contributed by atoms with Crippen molar-refractivity contribution >= 4 is 45.4 Å². The van der Waals surface area contributed by atoms with Crippen LogP contribution in [0.4, 0.5) is 0 Å². The number of hydrogen-bond donors (Lipinski definition) is 0. The molecule has 2 aromatic heterocycles. The van der Waals surface area contributed by atoms with Crippen molar-refractivity contribution in [1.82, 2.24) is 19.5 Å². The monoisotopic (exact) mass is 424 g/mol. The third-order valence-electron chi connectivity index (χ3n) is 3.48. The summed E-state index contributed by atoms with van der Waals surface area (Å²) in [5, 5.41) is 0.345. The second kappa shape index (κ2) is 6.29. The molecule has 9 heteroatoms. The third kappa shape index (κ3) is 2.87. The molecule has 1 unspecified atom stereocenters. The minimum Gasteiger partial charge on any atom is -0.382 e. The Morgan fingerprint density at radius 3 is 3.00 bits per heavy atom. The molecule has 1 aliphatic rings. The van der Waals surface area contributed by atoms with E-state index >= 15 is 0 Å². The average molecular weight is 425 g/mol. The van der Waals surface area contributed by atoms with E-state index in [0.29, 0.717) is 33.2 Å². The third-order valence-corrected chi connectivity index (χ3v) is 4.22. The summed E-state index contributed by atoms with van der Waals surface area (Å²) in [7, 11) is 3.32. The fourth-order valence-electron chi connectivity index (χ4n) is 2.50. The summed E-state index contributed by atoms with van der Waals surface area (Å²) >= 11 is 8.13. The number of fused-ring (bicyclic) bond motifs is 1. The first-order valence-electron chi connectivity index (χ1n) is 6.36. The number of hydrogen-bond acceptors (Lipinski definition) is 6. The van der Waals surface area contributed by atoms with Crippen molar-refractivity contribution in [2.24, 2.45) is 0 Å². The van der Waals surface area contributed by atoms with E-state index in [4.69, 9.17) is 25.8 Å². The summed E-state index contributed by atoms with van der Waals surface area (Å²) in [4.78, 5) is 12.8. The SMILES string of the molecule is COC[C@H]1O[C@@H](n2cnc3c(Cl)nc(I)nc32)CC1OC. The normalized spacial score (nSPS) is 25.8. The van der Waals surface area contributed by atoms with E-state index in [1.165, 1.54) is 0 Å². The molecule has 0 aliphatic carbocycles. The number of aromatic nitrogens is 4. The molecular weight excluding hydrogens is 411 g/mol.